The molecule has 1 unspecified atom stereocenters. The lowest BCUT2D eigenvalue weighted by molar-refractivity contribution is 0.309. The molecule has 0 saturated carbocycles. The van der Waals surface area contributed by atoms with E-state index in [2.05, 4.69) is 6.92 Å². The van der Waals surface area contributed by atoms with Crippen molar-refractivity contribution in [2.75, 3.05) is 13.2 Å². The average molecular weight is 319 g/mol. The van der Waals surface area contributed by atoms with E-state index in [0.29, 0.717) is 18.6 Å². The number of halogens is 2. The summed E-state index contributed by atoms with van der Waals surface area (Å²) in [5.74, 6) is -0.290. The molecule has 1 atom stereocenters. The zero-order valence-corrected chi connectivity index (χ0v) is 13.4. The van der Waals surface area contributed by atoms with E-state index in [4.69, 9.17) is 10.5 Å². The minimum Gasteiger partial charge on any atom is -0.494 e. The predicted molar refractivity (Wildman–Crippen MR) is 88.7 cm³/mol. The quantitative estimate of drug-likeness (QED) is 0.731. The van der Waals surface area contributed by atoms with Crippen molar-refractivity contribution in [3.63, 3.8) is 0 Å². The molecule has 0 aliphatic rings. The lowest BCUT2D eigenvalue weighted by Gasteiger charge is -2.16. The summed E-state index contributed by atoms with van der Waals surface area (Å²) in [5.41, 5.74) is 7.12. The zero-order chi connectivity index (χ0) is 16.7. The maximum absolute atomic E-state index is 13.9. The second-order valence-corrected chi connectivity index (χ2v) is 5.65. The van der Waals surface area contributed by atoms with Crippen molar-refractivity contribution in [3.05, 3.63) is 65.2 Å². The maximum Gasteiger partial charge on any atom is 0.126 e. The van der Waals surface area contributed by atoms with Crippen LogP contribution in [0.1, 0.15) is 36.8 Å². The second-order valence-electron chi connectivity index (χ2n) is 5.65. The highest BCUT2D eigenvalue weighted by atomic mass is 19.1. The lowest BCUT2D eigenvalue weighted by atomic mass is 9.91. The first-order valence-corrected chi connectivity index (χ1v) is 8.00. The van der Waals surface area contributed by atoms with E-state index in [-0.39, 0.29) is 12.5 Å². The minimum atomic E-state index is -0.445. The van der Waals surface area contributed by atoms with Gasteiger partial charge in [0.15, 0.2) is 0 Å². The molecule has 2 aromatic carbocycles. The Morgan fingerprint density at radius 2 is 1.83 bits per heavy atom. The van der Waals surface area contributed by atoms with Gasteiger partial charge in [0, 0.05) is 5.92 Å². The molecule has 0 aliphatic heterocycles. The molecule has 0 fully saturated rings. The predicted octanol–water partition coefficient (Wildman–Crippen LogP) is 4.43. The number of ether oxygens (including phenoxy) is 1. The van der Waals surface area contributed by atoms with E-state index in [1.165, 1.54) is 6.07 Å². The highest BCUT2D eigenvalue weighted by Crippen LogP contribution is 2.24. The van der Waals surface area contributed by atoms with Gasteiger partial charge < -0.3 is 10.5 Å². The number of rotatable bonds is 8. The summed E-state index contributed by atoms with van der Waals surface area (Å²) in [6.07, 6.45) is 2.68. The van der Waals surface area contributed by atoms with Gasteiger partial charge in [-0.2, -0.15) is 0 Å². The summed E-state index contributed by atoms with van der Waals surface area (Å²) < 4.78 is 32.9. The van der Waals surface area contributed by atoms with E-state index in [1.807, 2.05) is 24.3 Å². The van der Waals surface area contributed by atoms with Gasteiger partial charge in [-0.25, -0.2) is 8.78 Å². The van der Waals surface area contributed by atoms with Crippen LogP contribution >= 0.6 is 0 Å². The van der Waals surface area contributed by atoms with Crippen LogP contribution in [0.5, 0.6) is 5.75 Å². The van der Waals surface area contributed by atoms with Crippen molar-refractivity contribution in [2.24, 2.45) is 5.73 Å². The van der Waals surface area contributed by atoms with Crippen LogP contribution in [0.15, 0.2) is 42.5 Å². The van der Waals surface area contributed by atoms with E-state index in [0.717, 1.165) is 36.3 Å². The molecule has 0 aliphatic carbocycles. The smallest absolute Gasteiger partial charge is 0.126 e. The van der Waals surface area contributed by atoms with Crippen LogP contribution in [0.4, 0.5) is 8.78 Å². The summed E-state index contributed by atoms with van der Waals surface area (Å²) in [6, 6.07) is 11.2. The fraction of sp³-hybridized carbons (Fsp3) is 0.368. The van der Waals surface area contributed by atoms with Crippen molar-refractivity contribution in [3.8, 4) is 5.75 Å². The van der Waals surface area contributed by atoms with E-state index in [9.17, 15) is 8.78 Å². The van der Waals surface area contributed by atoms with Crippen LogP contribution in [0, 0.1) is 11.6 Å². The monoisotopic (exact) mass is 319 g/mol. The first kappa shape index (κ1) is 17.4. The molecule has 2 rings (SSSR count). The Labute approximate surface area is 136 Å². The second kappa shape index (κ2) is 8.63. The number of benzene rings is 2. The molecule has 0 amide bonds. The highest BCUT2D eigenvalue weighted by Gasteiger charge is 2.16. The van der Waals surface area contributed by atoms with E-state index >= 15 is 0 Å². The van der Waals surface area contributed by atoms with Crippen molar-refractivity contribution in [2.45, 2.75) is 32.1 Å². The topological polar surface area (TPSA) is 35.2 Å². The molecule has 0 aromatic heterocycles. The molecule has 2 N–H and O–H groups in total. The molecule has 0 heterocycles. The first-order chi connectivity index (χ1) is 11.1. The summed E-state index contributed by atoms with van der Waals surface area (Å²) >= 11 is 0. The van der Waals surface area contributed by atoms with Crippen LogP contribution in [0.2, 0.25) is 0 Å². The maximum atomic E-state index is 13.9. The lowest BCUT2D eigenvalue weighted by Crippen LogP contribution is -2.16. The molecule has 23 heavy (non-hydrogen) atoms. The van der Waals surface area contributed by atoms with Gasteiger partial charge in [-0.3, -0.25) is 0 Å². The molecule has 4 heteroatoms. The van der Waals surface area contributed by atoms with Gasteiger partial charge in [0.25, 0.3) is 0 Å². The molecule has 2 aromatic rings. The Morgan fingerprint density at radius 3 is 2.48 bits per heavy atom. The van der Waals surface area contributed by atoms with Crippen molar-refractivity contribution >= 4 is 0 Å². The van der Waals surface area contributed by atoms with Gasteiger partial charge in [-0.05, 0) is 60.8 Å². The Bertz CT molecular complexity index is 613. The molecule has 0 radical (unpaired) electrons. The third-order valence-corrected chi connectivity index (χ3v) is 3.85. The van der Waals surface area contributed by atoms with Crippen LogP contribution in [0.3, 0.4) is 0 Å². The standard InChI is InChI=1S/C19H23F2NO/c1-2-3-10-23-17-7-4-14(5-8-17)11-15(13-22)18-12-16(20)6-9-19(18)21/h4-9,12,15H,2-3,10-11,13,22H2,1H3. The number of unbranched alkanes of at least 4 members (excludes halogenated alkanes) is 1. The third-order valence-electron chi connectivity index (χ3n) is 3.85. The summed E-state index contributed by atoms with van der Waals surface area (Å²) in [6.45, 7) is 3.08. The Kier molecular flexibility index (Phi) is 6.53. The third kappa shape index (κ3) is 5.03. The van der Waals surface area contributed by atoms with Crippen LogP contribution < -0.4 is 10.5 Å². The van der Waals surface area contributed by atoms with Gasteiger partial charge in [0.1, 0.15) is 17.4 Å². The molecule has 124 valence electrons. The number of hydrogen-bond donors (Lipinski definition) is 1. The van der Waals surface area contributed by atoms with Crippen molar-refractivity contribution < 1.29 is 13.5 Å². The number of hydrogen-bond acceptors (Lipinski definition) is 2. The van der Waals surface area contributed by atoms with Gasteiger partial charge >= 0.3 is 0 Å². The Morgan fingerprint density at radius 1 is 1.09 bits per heavy atom. The fourth-order valence-corrected chi connectivity index (χ4v) is 2.49. The van der Waals surface area contributed by atoms with Crippen LogP contribution in [-0.4, -0.2) is 13.2 Å². The van der Waals surface area contributed by atoms with E-state index in [1.54, 1.807) is 0 Å². The SMILES string of the molecule is CCCCOc1ccc(CC(CN)c2cc(F)ccc2F)cc1. The summed E-state index contributed by atoms with van der Waals surface area (Å²) in [4.78, 5) is 0. The minimum absolute atomic E-state index is 0.252. The Hall–Kier alpha value is -1.94. The molecule has 0 bridgehead atoms. The van der Waals surface area contributed by atoms with Crippen LogP contribution in [0.25, 0.3) is 0 Å². The van der Waals surface area contributed by atoms with Crippen molar-refractivity contribution in [1.29, 1.82) is 0 Å². The summed E-state index contributed by atoms with van der Waals surface area (Å²) in [5, 5.41) is 0. The molecule has 0 saturated heterocycles. The van der Waals surface area contributed by atoms with Gasteiger partial charge in [-0.15, -0.1) is 0 Å². The molecule has 0 spiro atoms. The van der Waals surface area contributed by atoms with Crippen molar-refractivity contribution in [1.82, 2.24) is 0 Å². The Balaban J connectivity index is 2.05. The average Bonchev–Trinajstić information content (AvgIpc) is 2.56. The molecule has 2 nitrogen and oxygen atoms in total. The highest BCUT2D eigenvalue weighted by molar-refractivity contribution is 5.30. The molecular formula is C19H23F2NO. The normalized spacial score (nSPS) is 12.2. The first-order valence-electron chi connectivity index (χ1n) is 8.00. The summed E-state index contributed by atoms with van der Waals surface area (Å²) in [7, 11) is 0. The van der Waals surface area contributed by atoms with Gasteiger partial charge in [0.05, 0.1) is 6.61 Å². The largest absolute Gasteiger partial charge is 0.494 e. The number of nitrogens with two attached hydrogens (primary N) is 1. The molecular weight excluding hydrogens is 296 g/mol. The van der Waals surface area contributed by atoms with Gasteiger partial charge in [0.2, 0.25) is 0 Å². The van der Waals surface area contributed by atoms with E-state index < -0.39 is 11.6 Å². The van der Waals surface area contributed by atoms with Gasteiger partial charge in [-0.1, -0.05) is 25.5 Å². The van der Waals surface area contributed by atoms with Crippen LogP contribution in [-0.2, 0) is 6.42 Å². The zero-order valence-electron chi connectivity index (χ0n) is 13.4. The fourth-order valence-electron chi connectivity index (χ4n) is 2.49.